The number of carbonyl (C=O) groups excluding carboxylic acids is 1. The number of hydrogen-bond acceptors (Lipinski definition) is 2. The molecule has 0 heterocycles. The molecule has 1 atom stereocenters. The number of amides is 1. The zero-order chi connectivity index (χ0) is 13.7. The molecule has 0 aromatic rings. The summed E-state index contributed by atoms with van der Waals surface area (Å²) in [4.78, 5) is 25.0. The molecule has 4 nitrogen and oxygen atoms in total. The smallest absolute Gasteiger partial charge is 0.326 e. The number of rotatable bonds is 8. The summed E-state index contributed by atoms with van der Waals surface area (Å²) in [6.07, 6.45) is 6.31. The van der Waals surface area contributed by atoms with Gasteiger partial charge in [-0.3, -0.25) is 4.79 Å². The Bertz CT molecular complexity index is 337. The lowest BCUT2D eigenvalue weighted by molar-refractivity contribution is -0.151. The van der Waals surface area contributed by atoms with Crippen molar-refractivity contribution in [2.75, 3.05) is 0 Å². The van der Waals surface area contributed by atoms with Crippen molar-refractivity contribution in [1.82, 2.24) is 4.90 Å². The van der Waals surface area contributed by atoms with Gasteiger partial charge >= 0.3 is 5.97 Å². The maximum atomic E-state index is 12.4. The van der Waals surface area contributed by atoms with Crippen molar-refractivity contribution in [2.45, 2.75) is 44.7 Å². The van der Waals surface area contributed by atoms with E-state index in [2.05, 4.69) is 13.2 Å². The molecule has 1 fully saturated rings. The van der Waals surface area contributed by atoms with Crippen molar-refractivity contribution < 1.29 is 14.7 Å². The predicted molar refractivity (Wildman–Crippen MR) is 70.1 cm³/mol. The van der Waals surface area contributed by atoms with Crippen LogP contribution >= 0.6 is 0 Å². The fourth-order valence-electron chi connectivity index (χ4n) is 2.07. The standard InChI is InChI=1S/C14H21NO3/c1-4-6-11(7-5-2)13(16)15(12-8-9-12)10(3)14(17)18/h4-5,10-12H,1-2,6-9H2,3H3,(H,17,18). The highest BCUT2D eigenvalue weighted by atomic mass is 16.4. The van der Waals surface area contributed by atoms with E-state index in [1.807, 2.05) is 0 Å². The van der Waals surface area contributed by atoms with Crippen molar-refractivity contribution in [1.29, 1.82) is 0 Å². The van der Waals surface area contributed by atoms with Crippen molar-refractivity contribution in [3.8, 4) is 0 Å². The summed E-state index contributed by atoms with van der Waals surface area (Å²) in [7, 11) is 0. The average Bonchev–Trinajstić information content (AvgIpc) is 3.13. The number of carboxylic acids is 1. The number of carboxylic acid groups (broad SMARTS) is 1. The Hall–Kier alpha value is -1.58. The van der Waals surface area contributed by atoms with Crippen LogP contribution in [-0.2, 0) is 9.59 Å². The summed E-state index contributed by atoms with van der Waals surface area (Å²) in [6.45, 7) is 8.85. The molecule has 4 heteroatoms. The second-order valence-electron chi connectivity index (χ2n) is 4.74. The third-order valence-electron chi connectivity index (χ3n) is 3.22. The number of carbonyl (C=O) groups is 2. The quantitative estimate of drug-likeness (QED) is 0.673. The minimum Gasteiger partial charge on any atom is -0.480 e. The van der Waals surface area contributed by atoms with Gasteiger partial charge in [-0.1, -0.05) is 12.2 Å². The summed E-state index contributed by atoms with van der Waals surface area (Å²) in [6, 6.07) is -0.664. The van der Waals surface area contributed by atoms with Gasteiger partial charge in [-0.15, -0.1) is 13.2 Å². The SMILES string of the molecule is C=CCC(CC=C)C(=O)N(C1CC1)C(C)C(=O)O. The number of hydrogen-bond donors (Lipinski definition) is 1. The highest BCUT2D eigenvalue weighted by Crippen LogP contribution is 2.31. The first-order valence-electron chi connectivity index (χ1n) is 6.29. The average molecular weight is 251 g/mol. The van der Waals surface area contributed by atoms with E-state index in [-0.39, 0.29) is 17.9 Å². The maximum Gasteiger partial charge on any atom is 0.326 e. The zero-order valence-electron chi connectivity index (χ0n) is 10.8. The van der Waals surface area contributed by atoms with Gasteiger partial charge in [0.2, 0.25) is 5.91 Å². The molecule has 100 valence electrons. The van der Waals surface area contributed by atoms with Crippen LogP contribution in [0.15, 0.2) is 25.3 Å². The van der Waals surface area contributed by atoms with E-state index in [9.17, 15) is 9.59 Å². The van der Waals surface area contributed by atoms with E-state index in [1.54, 1.807) is 19.1 Å². The minimum atomic E-state index is -0.953. The van der Waals surface area contributed by atoms with Crippen LogP contribution in [0.5, 0.6) is 0 Å². The Labute approximate surface area is 108 Å². The van der Waals surface area contributed by atoms with Gasteiger partial charge in [-0.05, 0) is 32.6 Å². The second-order valence-corrected chi connectivity index (χ2v) is 4.74. The monoisotopic (exact) mass is 251 g/mol. The molecule has 0 aromatic heterocycles. The lowest BCUT2D eigenvalue weighted by Crippen LogP contribution is -2.47. The molecule has 1 amide bonds. The van der Waals surface area contributed by atoms with Crippen LogP contribution in [0.2, 0.25) is 0 Å². The Kier molecular flexibility index (Phi) is 5.13. The number of nitrogens with zero attached hydrogens (tertiary/aromatic N) is 1. The van der Waals surface area contributed by atoms with Crippen molar-refractivity contribution in [3.05, 3.63) is 25.3 Å². The Morgan fingerprint density at radius 1 is 1.33 bits per heavy atom. The summed E-state index contributed by atoms with van der Waals surface area (Å²) >= 11 is 0. The lowest BCUT2D eigenvalue weighted by atomic mass is 9.98. The highest BCUT2D eigenvalue weighted by molar-refractivity contribution is 5.85. The van der Waals surface area contributed by atoms with E-state index in [4.69, 9.17) is 5.11 Å². The number of allylic oxidation sites excluding steroid dienone is 2. The van der Waals surface area contributed by atoms with Crippen LogP contribution in [0.3, 0.4) is 0 Å². The predicted octanol–water partition coefficient (Wildman–Crippen LogP) is 2.22. The lowest BCUT2D eigenvalue weighted by Gasteiger charge is -2.29. The maximum absolute atomic E-state index is 12.4. The van der Waals surface area contributed by atoms with Crippen molar-refractivity contribution in [2.24, 2.45) is 5.92 Å². The molecule has 1 aliphatic carbocycles. The van der Waals surface area contributed by atoms with E-state index in [0.29, 0.717) is 12.8 Å². The van der Waals surface area contributed by atoms with Crippen molar-refractivity contribution >= 4 is 11.9 Å². The molecule has 1 saturated carbocycles. The Morgan fingerprint density at radius 2 is 1.83 bits per heavy atom. The first-order chi connectivity index (χ1) is 8.52. The fraction of sp³-hybridized carbons (Fsp3) is 0.571. The van der Waals surface area contributed by atoms with Gasteiger partial charge in [0.15, 0.2) is 0 Å². The summed E-state index contributed by atoms with van der Waals surface area (Å²) in [5.74, 6) is -1.28. The molecule has 1 N–H and O–H groups in total. The van der Waals surface area contributed by atoms with Crippen molar-refractivity contribution in [3.63, 3.8) is 0 Å². The minimum absolute atomic E-state index is 0.0906. The molecule has 1 rings (SSSR count). The van der Waals surface area contributed by atoms with E-state index in [1.165, 1.54) is 4.90 Å². The molecule has 1 aliphatic rings. The zero-order valence-corrected chi connectivity index (χ0v) is 10.8. The Balaban J connectivity index is 2.82. The third kappa shape index (κ3) is 3.45. The van der Waals surface area contributed by atoms with Crippen LogP contribution < -0.4 is 0 Å². The normalized spacial score (nSPS) is 16.1. The summed E-state index contributed by atoms with van der Waals surface area (Å²) in [5.41, 5.74) is 0. The van der Waals surface area contributed by atoms with Gasteiger partial charge < -0.3 is 10.0 Å². The van der Waals surface area contributed by atoms with Gasteiger partial charge in [0.25, 0.3) is 0 Å². The fourth-order valence-corrected chi connectivity index (χ4v) is 2.07. The molecule has 1 unspecified atom stereocenters. The van der Waals surface area contributed by atoms with Gasteiger partial charge in [-0.2, -0.15) is 0 Å². The van der Waals surface area contributed by atoms with Crippen LogP contribution in [0.25, 0.3) is 0 Å². The first-order valence-corrected chi connectivity index (χ1v) is 6.29. The van der Waals surface area contributed by atoms with Crippen LogP contribution in [-0.4, -0.2) is 34.0 Å². The topological polar surface area (TPSA) is 57.6 Å². The highest BCUT2D eigenvalue weighted by Gasteiger charge is 2.40. The van der Waals surface area contributed by atoms with Crippen LogP contribution in [0.1, 0.15) is 32.6 Å². The molecule has 0 spiro atoms. The molecule has 0 bridgehead atoms. The largest absolute Gasteiger partial charge is 0.480 e. The number of aliphatic carboxylic acids is 1. The van der Waals surface area contributed by atoms with Crippen LogP contribution in [0.4, 0.5) is 0 Å². The van der Waals surface area contributed by atoms with Crippen LogP contribution in [0, 0.1) is 5.92 Å². The van der Waals surface area contributed by atoms with E-state index in [0.717, 1.165) is 12.8 Å². The first kappa shape index (κ1) is 14.5. The molecular formula is C14H21NO3. The molecule has 0 radical (unpaired) electrons. The molecular weight excluding hydrogens is 230 g/mol. The third-order valence-corrected chi connectivity index (χ3v) is 3.22. The molecule has 0 saturated heterocycles. The molecule has 18 heavy (non-hydrogen) atoms. The van der Waals surface area contributed by atoms with E-state index >= 15 is 0 Å². The van der Waals surface area contributed by atoms with Gasteiger partial charge in [-0.25, -0.2) is 4.79 Å². The molecule has 0 aliphatic heterocycles. The van der Waals surface area contributed by atoms with Gasteiger partial charge in [0, 0.05) is 12.0 Å². The summed E-state index contributed by atoms with van der Waals surface area (Å²) < 4.78 is 0. The van der Waals surface area contributed by atoms with Gasteiger partial charge in [0.05, 0.1) is 0 Å². The Morgan fingerprint density at radius 3 is 2.17 bits per heavy atom. The summed E-state index contributed by atoms with van der Waals surface area (Å²) in [5, 5.41) is 9.09. The second kappa shape index (κ2) is 6.38. The van der Waals surface area contributed by atoms with E-state index < -0.39 is 12.0 Å². The molecule has 0 aromatic carbocycles. The van der Waals surface area contributed by atoms with Gasteiger partial charge in [0.1, 0.15) is 6.04 Å².